The van der Waals surface area contributed by atoms with E-state index in [1.165, 1.54) is 49.9 Å². The molecule has 2 aliphatic rings. The molecule has 2 heterocycles. The number of nitrogens with zero attached hydrogens (tertiary/aromatic N) is 2. The SMILES string of the molecule is CCC1CNC(C2CCCCC2)CN1Cc1cncs1. The highest BCUT2D eigenvalue weighted by Crippen LogP contribution is 2.29. The second kappa shape index (κ2) is 7.01. The monoisotopic (exact) mass is 293 g/mol. The largest absolute Gasteiger partial charge is 0.311 e. The van der Waals surface area contributed by atoms with Crippen LogP contribution in [-0.2, 0) is 6.54 Å². The van der Waals surface area contributed by atoms with Crippen molar-refractivity contribution >= 4 is 11.3 Å². The molecule has 3 nitrogen and oxygen atoms in total. The summed E-state index contributed by atoms with van der Waals surface area (Å²) < 4.78 is 0. The summed E-state index contributed by atoms with van der Waals surface area (Å²) >= 11 is 1.79. The lowest BCUT2D eigenvalue weighted by Crippen LogP contribution is -2.58. The molecule has 1 aromatic heterocycles. The molecule has 0 aromatic carbocycles. The topological polar surface area (TPSA) is 28.2 Å². The van der Waals surface area contributed by atoms with Gasteiger partial charge in [0.25, 0.3) is 0 Å². The number of nitrogens with one attached hydrogen (secondary N) is 1. The van der Waals surface area contributed by atoms with Crippen LogP contribution in [0.3, 0.4) is 0 Å². The summed E-state index contributed by atoms with van der Waals surface area (Å²) in [6.07, 6.45) is 10.5. The average molecular weight is 293 g/mol. The minimum Gasteiger partial charge on any atom is -0.311 e. The number of piperazine rings is 1. The van der Waals surface area contributed by atoms with Crippen LogP contribution in [0.15, 0.2) is 11.7 Å². The maximum Gasteiger partial charge on any atom is 0.0794 e. The Morgan fingerprint density at radius 1 is 1.35 bits per heavy atom. The lowest BCUT2D eigenvalue weighted by Gasteiger charge is -2.43. The second-order valence-electron chi connectivity index (χ2n) is 6.37. The molecular formula is C16H27N3S. The van der Waals surface area contributed by atoms with E-state index in [0.29, 0.717) is 12.1 Å². The molecule has 4 heteroatoms. The lowest BCUT2D eigenvalue weighted by atomic mass is 9.82. The van der Waals surface area contributed by atoms with E-state index in [0.717, 1.165) is 19.0 Å². The zero-order valence-corrected chi connectivity index (χ0v) is 13.4. The predicted molar refractivity (Wildman–Crippen MR) is 85.0 cm³/mol. The Hall–Kier alpha value is -0.450. The van der Waals surface area contributed by atoms with Gasteiger partial charge in [-0.05, 0) is 25.2 Å². The zero-order valence-electron chi connectivity index (χ0n) is 12.6. The van der Waals surface area contributed by atoms with E-state index in [9.17, 15) is 0 Å². The maximum absolute atomic E-state index is 4.22. The van der Waals surface area contributed by atoms with Crippen LogP contribution in [0.2, 0.25) is 0 Å². The first-order valence-corrected chi connectivity index (χ1v) is 9.09. The highest BCUT2D eigenvalue weighted by molar-refractivity contribution is 7.09. The molecule has 2 fully saturated rings. The number of thiazole rings is 1. The summed E-state index contributed by atoms with van der Waals surface area (Å²) in [4.78, 5) is 8.33. The van der Waals surface area contributed by atoms with Crippen molar-refractivity contribution in [3.8, 4) is 0 Å². The van der Waals surface area contributed by atoms with Crippen molar-refractivity contribution in [3.05, 3.63) is 16.6 Å². The van der Waals surface area contributed by atoms with Crippen molar-refractivity contribution in [2.45, 2.75) is 64.1 Å². The van der Waals surface area contributed by atoms with Gasteiger partial charge in [-0.1, -0.05) is 26.2 Å². The van der Waals surface area contributed by atoms with Gasteiger partial charge in [0, 0.05) is 42.8 Å². The molecule has 3 rings (SSSR count). The number of aromatic nitrogens is 1. The number of hydrogen-bond acceptors (Lipinski definition) is 4. The molecule has 0 bridgehead atoms. The molecule has 2 atom stereocenters. The molecule has 1 aliphatic carbocycles. The van der Waals surface area contributed by atoms with Gasteiger partial charge in [-0.3, -0.25) is 9.88 Å². The standard InChI is InChI=1S/C16H27N3S/c1-2-14-8-18-16(13-6-4-3-5-7-13)11-19(14)10-15-9-17-12-20-15/h9,12-14,16,18H,2-8,10-11H2,1H3. The van der Waals surface area contributed by atoms with Crippen molar-refractivity contribution in [1.29, 1.82) is 0 Å². The van der Waals surface area contributed by atoms with Gasteiger partial charge in [-0.2, -0.15) is 0 Å². The van der Waals surface area contributed by atoms with E-state index >= 15 is 0 Å². The van der Waals surface area contributed by atoms with Gasteiger partial charge in [0.05, 0.1) is 5.51 Å². The Bertz CT molecular complexity index is 386. The Kier molecular flexibility index (Phi) is 5.08. The smallest absolute Gasteiger partial charge is 0.0794 e. The first-order valence-electron chi connectivity index (χ1n) is 8.21. The Morgan fingerprint density at radius 3 is 2.90 bits per heavy atom. The van der Waals surface area contributed by atoms with Gasteiger partial charge in [-0.25, -0.2) is 0 Å². The fraction of sp³-hybridized carbons (Fsp3) is 0.812. The van der Waals surface area contributed by atoms with E-state index in [4.69, 9.17) is 0 Å². The normalized spacial score (nSPS) is 29.6. The van der Waals surface area contributed by atoms with Gasteiger partial charge in [0.1, 0.15) is 0 Å². The fourth-order valence-electron chi connectivity index (χ4n) is 3.85. The van der Waals surface area contributed by atoms with Crippen LogP contribution in [-0.4, -0.2) is 35.1 Å². The molecule has 1 saturated carbocycles. The first-order chi connectivity index (χ1) is 9.86. The molecule has 112 valence electrons. The lowest BCUT2D eigenvalue weighted by molar-refractivity contribution is 0.0882. The van der Waals surface area contributed by atoms with E-state index in [2.05, 4.69) is 22.1 Å². The quantitative estimate of drug-likeness (QED) is 0.923. The van der Waals surface area contributed by atoms with Crippen molar-refractivity contribution in [2.75, 3.05) is 13.1 Å². The summed E-state index contributed by atoms with van der Waals surface area (Å²) in [6.45, 7) is 5.79. The summed E-state index contributed by atoms with van der Waals surface area (Å²) in [7, 11) is 0. The van der Waals surface area contributed by atoms with Gasteiger partial charge >= 0.3 is 0 Å². The molecule has 2 unspecified atom stereocenters. The minimum atomic E-state index is 0.692. The molecule has 1 aliphatic heterocycles. The van der Waals surface area contributed by atoms with Gasteiger partial charge in [-0.15, -0.1) is 11.3 Å². The van der Waals surface area contributed by atoms with Gasteiger partial charge in [0.2, 0.25) is 0 Å². The second-order valence-corrected chi connectivity index (χ2v) is 7.34. The van der Waals surface area contributed by atoms with Crippen molar-refractivity contribution in [3.63, 3.8) is 0 Å². The van der Waals surface area contributed by atoms with Crippen LogP contribution in [0, 0.1) is 5.92 Å². The average Bonchev–Trinajstić information content (AvgIpc) is 3.01. The zero-order chi connectivity index (χ0) is 13.8. The molecule has 1 aromatic rings. The Morgan fingerprint density at radius 2 is 2.20 bits per heavy atom. The fourth-order valence-corrected chi connectivity index (χ4v) is 4.47. The number of hydrogen-bond donors (Lipinski definition) is 1. The van der Waals surface area contributed by atoms with Crippen LogP contribution in [0.1, 0.15) is 50.3 Å². The van der Waals surface area contributed by atoms with Crippen LogP contribution >= 0.6 is 11.3 Å². The maximum atomic E-state index is 4.22. The Balaban J connectivity index is 1.62. The van der Waals surface area contributed by atoms with Gasteiger partial charge < -0.3 is 5.32 Å². The van der Waals surface area contributed by atoms with Crippen LogP contribution in [0.4, 0.5) is 0 Å². The van der Waals surface area contributed by atoms with E-state index < -0.39 is 0 Å². The van der Waals surface area contributed by atoms with Crippen LogP contribution in [0.25, 0.3) is 0 Å². The highest BCUT2D eigenvalue weighted by Gasteiger charge is 2.32. The van der Waals surface area contributed by atoms with Crippen molar-refractivity contribution in [1.82, 2.24) is 15.2 Å². The van der Waals surface area contributed by atoms with E-state index in [1.807, 2.05) is 11.7 Å². The van der Waals surface area contributed by atoms with Crippen LogP contribution in [0.5, 0.6) is 0 Å². The van der Waals surface area contributed by atoms with E-state index in [-0.39, 0.29) is 0 Å². The number of rotatable bonds is 4. The third-order valence-corrected chi connectivity index (χ3v) is 5.86. The van der Waals surface area contributed by atoms with Crippen LogP contribution < -0.4 is 5.32 Å². The molecule has 0 radical (unpaired) electrons. The summed E-state index contributed by atoms with van der Waals surface area (Å²) in [5.41, 5.74) is 1.96. The molecule has 0 spiro atoms. The van der Waals surface area contributed by atoms with Crippen molar-refractivity contribution < 1.29 is 0 Å². The third kappa shape index (κ3) is 3.41. The van der Waals surface area contributed by atoms with Crippen molar-refractivity contribution in [2.24, 2.45) is 5.92 Å². The third-order valence-electron chi connectivity index (χ3n) is 5.10. The van der Waals surface area contributed by atoms with Gasteiger partial charge in [0.15, 0.2) is 0 Å². The molecule has 1 N–H and O–H groups in total. The van der Waals surface area contributed by atoms with E-state index in [1.54, 1.807) is 11.3 Å². The minimum absolute atomic E-state index is 0.692. The summed E-state index contributed by atoms with van der Waals surface area (Å²) in [5, 5.41) is 3.85. The Labute approximate surface area is 126 Å². The first kappa shape index (κ1) is 14.5. The summed E-state index contributed by atoms with van der Waals surface area (Å²) in [5.74, 6) is 0.908. The molecule has 20 heavy (non-hydrogen) atoms. The predicted octanol–water partition coefficient (Wildman–Crippen LogP) is 3.28. The summed E-state index contributed by atoms with van der Waals surface area (Å²) in [6, 6.07) is 1.41. The molecular weight excluding hydrogens is 266 g/mol. The molecule has 0 amide bonds. The highest BCUT2D eigenvalue weighted by atomic mass is 32.1. The molecule has 1 saturated heterocycles.